The van der Waals surface area contributed by atoms with E-state index in [0.29, 0.717) is 10.8 Å². The van der Waals surface area contributed by atoms with Crippen molar-refractivity contribution in [3.05, 3.63) is 93.6 Å². The van der Waals surface area contributed by atoms with E-state index < -0.39 is 5.97 Å². The van der Waals surface area contributed by atoms with Gasteiger partial charge in [-0.05, 0) is 66.4 Å². The summed E-state index contributed by atoms with van der Waals surface area (Å²) in [5.74, 6) is -0.363. The predicted molar refractivity (Wildman–Crippen MR) is 164 cm³/mol. The van der Waals surface area contributed by atoms with Gasteiger partial charge in [0.15, 0.2) is 0 Å². The third kappa shape index (κ3) is 6.23. The van der Waals surface area contributed by atoms with E-state index in [0.717, 1.165) is 80.4 Å². The van der Waals surface area contributed by atoms with Gasteiger partial charge in [0.25, 0.3) is 0 Å². The number of piperazine rings is 1. The first-order chi connectivity index (χ1) is 19.9. The second kappa shape index (κ2) is 12.2. The van der Waals surface area contributed by atoms with Crippen LogP contribution in [0.2, 0.25) is 10.0 Å². The minimum atomic E-state index is -1.05. The van der Waals surface area contributed by atoms with Gasteiger partial charge in [0, 0.05) is 66.6 Å². The summed E-state index contributed by atoms with van der Waals surface area (Å²) in [6.45, 7) is 5.81. The van der Waals surface area contributed by atoms with Gasteiger partial charge in [-0.25, -0.2) is 4.79 Å². The number of hydrogen-bond acceptors (Lipinski definition) is 5. The quantitative estimate of drug-likeness (QED) is 0.234. The zero-order valence-electron chi connectivity index (χ0n) is 22.5. The molecule has 0 aliphatic carbocycles. The molecule has 2 aliphatic rings. The van der Waals surface area contributed by atoms with Gasteiger partial charge in [0.1, 0.15) is 17.1 Å². The first-order valence-corrected chi connectivity index (χ1v) is 14.5. The third-order valence-electron chi connectivity index (χ3n) is 7.84. The number of aromatic amines is 1. The van der Waals surface area contributed by atoms with Crippen LogP contribution in [-0.4, -0.2) is 66.9 Å². The molecule has 0 unspecified atom stereocenters. The summed E-state index contributed by atoms with van der Waals surface area (Å²) in [5.41, 5.74) is 5.91. The van der Waals surface area contributed by atoms with Gasteiger partial charge in [-0.1, -0.05) is 40.9 Å². The SMILES string of the molecule is O=C(O)c1ccc(N2CCN(CC3=C(c4ccc(Cl)cc4)CCOCC3)CC2)cc1Oc1cc2cc[nH]c2cc1Cl. The fourth-order valence-electron chi connectivity index (χ4n) is 5.63. The van der Waals surface area contributed by atoms with Gasteiger partial charge in [-0.15, -0.1) is 0 Å². The van der Waals surface area contributed by atoms with Crippen molar-refractivity contribution in [2.75, 3.05) is 50.8 Å². The van der Waals surface area contributed by atoms with Crippen LogP contribution in [0.4, 0.5) is 5.69 Å². The number of nitrogens with zero attached hydrogens (tertiary/aromatic N) is 2. The summed E-state index contributed by atoms with van der Waals surface area (Å²) in [5, 5.41) is 11.9. The summed E-state index contributed by atoms with van der Waals surface area (Å²) < 4.78 is 11.9. The van der Waals surface area contributed by atoms with Crippen LogP contribution in [0.5, 0.6) is 11.5 Å². The van der Waals surface area contributed by atoms with Gasteiger partial charge in [0.2, 0.25) is 0 Å². The lowest BCUT2D eigenvalue weighted by Crippen LogP contribution is -2.47. The minimum absolute atomic E-state index is 0.0925. The van der Waals surface area contributed by atoms with Crippen LogP contribution in [0.15, 0.2) is 72.4 Å². The van der Waals surface area contributed by atoms with Crippen LogP contribution in [0, 0.1) is 0 Å². The first kappa shape index (κ1) is 27.7. The summed E-state index contributed by atoms with van der Waals surface area (Å²) in [6, 6.07) is 18.9. The van der Waals surface area contributed by atoms with E-state index in [4.69, 9.17) is 32.7 Å². The molecule has 9 heteroatoms. The van der Waals surface area contributed by atoms with Crippen molar-refractivity contribution in [1.29, 1.82) is 0 Å². The van der Waals surface area contributed by atoms with Crippen molar-refractivity contribution in [1.82, 2.24) is 9.88 Å². The van der Waals surface area contributed by atoms with Crippen molar-refractivity contribution >= 4 is 51.3 Å². The van der Waals surface area contributed by atoms with E-state index in [2.05, 4.69) is 26.9 Å². The van der Waals surface area contributed by atoms with Crippen molar-refractivity contribution in [2.45, 2.75) is 12.8 Å². The van der Waals surface area contributed by atoms with Gasteiger partial charge >= 0.3 is 5.97 Å². The highest BCUT2D eigenvalue weighted by atomic mass is 35.5. The maximum Gasteiger partial charge on any atom is 0.339 e. The Bertz CT molecular complexity index is 1590. The predicted octanol–water partition coefficient (Wildman–Crippen LogP) is 7.35. The molecule has 0 saturated carbocycles. The van der Waals surface area contributed by atoms with E-state index in [-0.39, 0.29) is 11.3 Å². The molecule has 1 fully saturated rings. The highest BCUT2D eigenvalue weighted by Crippen LogP contribution is 2.37. The second-order valence-corrected chi connectivity index (χ2v) is 11.2. The largest absolute Gasteiger partial charge is 0.478 e. The van der Waals surface area contributed by atoms with Crippen molar-refractivity contribution in [3.63, 3.8) is 0 Å². The van der Waals surface area contributed by atoms with E-state index in [1.54, 1.807) is 18.2 Å². The lowest BCUT2D eigenvalue weighted by Gasteiger charge is -2.37. The van der Waals surface area contributed by atoms with Crippen LogP contribution < -0.4 is 9.64 Å². The van der Waals surface area contributed by atoms with Crippen LogP contribution in [-0.2, 0) is 4.74 Å². The average Bonchev–Trinajstić information content (AvgIpc) is 3.30. The number of aromatic carboxylic acids is 1. The first-order valence-electron chi connectivity index (χ1n) is 13.8. The van der Waals surface area contributed by atoms with Crippen molar-refractivity contribution in [2.24, 2.45) is 0 Å². The molecule has 6 rings (SSSR count). The van der Waals surface area contributed by atoms with Crippen molar-refractivity contribution < 1.29 is 19.4 Å². The molecule has 0 amide bonds. The fraction of sp³-hybridized carbons (Fsp3) is 0.281. The van der Waals surface area contributed by atoms with E-state index >= 15 is 0 Å². The van der Waals surface area contributed by atoms with Gasteiger partial charge < -0.3 is 24.5 Å². The van der Waals surface area contributed by atoms with E-state index in [1.807, 2.05) is 36.5 Å². The number of halogens is 2. The van der Waals surface area contributed by atoms with Gasteiger partial charge in [-0.3, -0.25) is 4.90 Å². The standard InChI is InChI=1S/C32H31Cl2N3O4/c33-24-3-1-21(2-4-24)26-9-16-40-15-8-23(26)20-36-11-13-37(14-12-36)25-5-6-27(32(38)39)30(18-25)41-31-17-22-7-10-35-29(22)19-28(31)34/h1-7,10,17-19,35H,8-9,11-16,20H2,(H,38,39). The summed E-state index contributed by atoms with van der Waals surface area (Å²) in [4.78, 5) is 19.9. The molecule has 3 aromatic carbocycles. The number of carbonyl (C=O) groups is 1. The number of carboxylic acid groups (broad SMARTS) is 1. The smallest absolute Gasteiger partial charge is 0.339 e. The van der Waals surface area contributed by atoms with Crippen molar-refractivity contribution in [3.8, 4) is 11.5 Å². The Morgan fingerprint density at radius 3 is 2.49 bits per heavy atom. The number of benzene rings is 3. The Labute approximate surface area is 248 Å². The molecule has 1 aromatic heterocycles. The fourth-order valence-corrected chi connectivity index (χ4v) is 5.95. The molecule has 0 atom stereocenters. The lowest BCUT2D eigenvalue weighted by molar-refractivity contribution is 0.0694. The summed E-state index contributed by atoms with van der Waals surface area (Å²) >= 11 is 12.6. The number of nitrogens with one attached hydrogen (secondary N) is 1. The molecule has 7 nitrogen and oxygen atoms in total. The van der Waals surface area contributed by atoms with E-state index in [1.165, 1.54) is 16.7 Å². The average molecular weight is 593 g/mol. The van der Waals surface area contributed by atoms with Crippen LogP contribution in [0.1, 0.15) is 28.8 Å². The third-order valence-corrected chi connectivity index (χ3v) is 8.38. The van der Waals surface area contributed by atoms with Crippen LogP contribution in [0.3, 0.4) is 0 Å². The number of fused-ring (bicyclic) bond motifs is 1. The Hall–Kier alpha value is -3.49. The zero-order valence-corrected chi connectivity index (χ0v) is 24.0. The topological polar surface area (TPSA) is 78.0 Å². The molecule has 0 radical (unpaired) electrons. The highest BCUT2D eigenvalue weighted by Gasteiger charge is 2.23. The maximum absolute atomic E-state index is 12.0. The molecule has 212 valence electrons. The number of H-pyrrole nitrogens is 1. The lowest BCUT2D eigenvalue weighted by atomic mass is 9.95. The molecular weight excluding hydrogens is 561 g/mol. The monoisotopic (exact) mass is 591 g/mol. The van der Waals surface area contributed by atoms with Crippen LogP contribution >= 0.6 is 23.2 Å². The zero-order chi connectivity index (χ0) is 28.3. The summed E-state index contributed by atoms with van der Waals surface area (Å²) in [6.07, 6.45) is 3.65. The molecule has 0 spiro atoms. The Morgan fingerprint density at radius 2 is 1.71 bits per heavy atom. The molecule has 4 aromatic rings. The molecule has 3 heterocycles. The molecule has 1 saturated heterocycles. The summed E-state index contributed by atoms with van der Waals surface area (Å²) in [7, 11) is 0. The Morgan fingerprint density at radius 1 is 0.927 bits per heavy atom. The minimum Gasteiger partial charge on any atom is -0.478 e. The Kier molecular flexibility index (Phi) is 8.21. The molecular formula is C32H31Cl2N3O4. The number of aromatic nitrogens is 1. The Balaban J connectivity index is 1.17. The molecule has 41 heavy (non-hydrogen) atoms. The second-order valence-electron chi connectivity index (χ2n) is 10.4. The number of rotatable bonds is 7. The molecule has 2 N–H and O–H groups in total. The van der Waals surface area contributed by atoms with Crippen LogP contribution in [0.25, 0.3) is 16.5 Å². The normalized spacial score (nSPS) is 16.7. The van der Waals surface area contributed by atoms with Gasteiger partial charge in [-0.2, -0.15) is 0 Å². The van der Waals surface area contributed by atoms with E-state index in [9.17, 15) is 9.90 Å². The van der Waals surface area contributed by atoms with Gasteiger partial charge in [0.05, 0.1) is 18.2 Å². The molecule has 0 bridgehead atoms. The maximum atomic E-state index is 12.0. The highest BCUT2D eigenvalue weighted by molar-refractivity contribution is 6.32. The number of carboxylic acids is 1. The molecule has 2 aliphatic heterocycles. The number of ether oxygens (including phenoxy) is 2. The number of hydrogen-bond donors (Lipinski definition) is 2. The number of anilines is 1.